The lowest BCUT2D eigenvalue weighted by molar-refractivity contribution is -0.121. The predicted molar refractivity (Wildman–Crippen MR) is 96.0 cm³/mol. The van der Waals surface area contributed by atoms with Crippen LogP contribution in [-0.2, 0) is 23.7 Å². The second-order valence-electron chi connectivity index (χ2n) is 7.05. The third-order valence-electron chi connectivity index (χ3n) is 5.58. The van der Waals surface area contributed by atoms with E-state index >= 15 is 0 Å². The quantitative estimate of drug-likeness (QED) is 0.886. The van der Waals surface area contributed by atoms with E-state index in [-0.39, 0.29) is 11.3 Å². The van der Waals surface area contributed by atoms with E-state index in [1.54, 1.807) is 0 Å². The molecule has 2 aromatic rings. The number of benzene rings is 1. The van der Waals surface area contributed by atoms with Gasteiger partial charge in [0.2, 0.25) is 5.91 Å². The molecule has 1 aromatic heterocycles. The van der Waals surface area contributed by atoms with Crippen molar-refractivity contribution in [2.75, 3.05) is 6.54 Å². The number of nitrogens with one attached hydrogen (secondary N) is 1. The van der Waals surface area contributed by atoms with Crippen molar-refractivity contribution in [2.45, 2.75) is 51.4 Å². The van der Waals surface area contributed by atoms with Crippen molar-refractivity contribution < 1.29 is 4.79 Å². The zero-order valence-corrected chi connectivity index (χ0v) is 14.9. The Morgan fingerprint density at radius 1 is 1.25 bits per heavy atom. The van der Waals surface area contributed by atoms with Crippen molar-refractivity contribution in [3.63, 3.8) is 0 Å². The monoisotopic (exact) mass is 325 g/mol. The highest BCUT2D eigenvalue weighted by Crippen LogP contribution is 2.43. The molecule has 1 amide bonds. The molecule has 0 spiro atoms. The summed E-state index contributed by atoms with van der Waals surface area (Å²) < 4.78 is 1.89. The molecule has 4 heteroatoms. The lowest BCUT2D eigenvalue weighted by Gasteiger charge is -2.42. The highest BCUT2D eigenvalue weighted by Gasteiger charge is 2.38. The Balaban J connectivity index is 1.56. The summed E-state index contributed by atoms with van der Waals surface area (Å²) in [6.45, 7) is 4.83. The van der Waals surface area contributed by atoms with Crippen molar-refractivity contribution in [3.8, 4) is 0 Å². The molecular formula is C20H27N3O. The summed E-state index contributed by atoms with van der Waals surface area (Å²) in [5.41, 5.74) is 4.89. The highest BCUT2D eigenvalue weighted by atomic mass is 16.1. The van der Waals surface area contributed by atoms with Crippen LogP contribution in [0.25, 0.3) is 0 Å². The molecule has 1 N–H and O–H groups in total. The maximum absolute atomic E-state index is 12.3. The van der Waals surface area contributed by atoms with Crippen molar-refractivity contribution in [1.29, 1.82) is 0 Å². The molecule has 1 fully saturated rings. The van der Waals surface area contributed by atoms with Crippen molar-refractivity contribution in [3.05, 3.63) is 52.8 Å². The average Bonchev–Trinajstić information content (AvgIpc) is 2.78. The molecule has 1 saturated carbocycles. The van der Waals surface area contributed by atoms with Gasteiger partial charge in [0.05, 0.1) is 5.69 Å². The van der Waals surface area contributed by atoms with Crippen molar-refractivity contribution in [2.24, 2.45) is 7.05 Å². The van der Waals surface area contributed by atoms with Gasteiger partial charge in [0.15, 0.2) is 0 Å². The predicted octanol–water partition coefficient (Wildman–Crippen LogP) is 3.21. The van der Waals surface area contributed by atoms with Gasteiger partial charge in [-0.2, -0.15) is 5.10 Å². The van der Waals surface area contributed by atoms with Crippen LogP contribution in [0.2, 0.25) is 0 Å². The lowest BCUT2D eigenvalue weighted by atomic mass is 9.64. The number of carbonyl (C=O) groups is 1. The van der Waals surface area contributed by atoms with Gasteiger partial charge in [0.1, 0.15) is 0 Å². The highest BCUT2D eigenvalue weighted by molar-refractivity contribution is 5.76. The zero-order valence-electron chi connectivity index (χ0n) is 14.9. The van der Waals surface area contributed by atoms with E-state index in [1.807, 2.05) is 24.7 Å². The van der Waals surface area contributed by atoms with E-state index in [4.69, 9.17) is 0 Å². The van der Waals surface area contributed by atoms with Gasteiger partial charge in [0, 0.05) is 31.1 Å². The number of hydrogen-bond donors (Lipinski definition) is 1. The summed E-state index contributed by atoms with van der Waals surface area (Å²) in [6.07, 6.45) is 4.86. The van der Waals surface area contributed by atoms with Crippen LogP contribution in [0.5, 0.6) is 0 Å². The number of aromatic nitrogens is 2. The van der Waals surface area contributed by atoms with Gasteiger partial charge in [-0.1, -0.05) is 36.8 Å². The molecule has 0 aliphatic heterocycles. The van der Waals surface area contributed by atoms with Crippen LogP contribution in [0, 0.1) is 13.8 Å². The molecule has 1 aliphatic rings. The Labute approximate surface area is 144 Å². The first-order chi connectivity index (χ1) is 11.5. The molecule has 128 valence electrons. The first kappa shape index (κ1) is 16.7. The van der Waals surface area contributed by atoms with Crippen LogP contribution in [0.4, 0.5) is 0 Å². The molecule has 4 nitrogen and oxygen atoms in total. The summed E-state index contributed by atoms with van der Waals surface area (Å²) in [7, 11) is 1.95. The molecule has 1 heterocycles. The van der Waals surface area contributed by atoms with E-state index in [2.05, 4.69) is 41.6 Å². The first-order valence-corrected chi connectivity index (χ1v) is 8.83. The Morgan fingerprint density at radius 3 is 2.50 bits per heavy atom. The fourth-order valence-electron chi connectivity index (χ4n) is 3.74. The number of aryl methyl sites for hydroxylation is 2. The van der Waals surface area contributed by atoms with Crippen LogP contribution < -0.4 is 5.32 Å². The molecule has 3 rings (SSSR count). The standard InChI is InChI=1S/C20H27N3O/c1-15-18(16(2)23(3)22-15)10-11-19(24)21-14-20(12-7-13-20)17-8-5-4-6-9-17/h4-6,8-9H,7,10-14H2,1-3H3,(H,21,24). The van der Waals surface area contributed by atoms with Crippen LogP contribution in [0.1, 0.15) is 48.2 Å². The van der Waals surface area contributed by atoms with Crippen LogP contribution >= 0.6 is 0 Å². The number of nitrogens with zero attached hydrogens (tertiary/aromatic N) is 2. The van der Waals surface area contributed by atoms with Crippen molar-refractivity contribution >= 4 is 5.91 Å². The zero-order chi connectivity index (χ0) is 17.2. The van der Waals surface area contributed by atoms with E-state index < -0.39 is 0 Å². The Bertz CT molecular complexity index is 714. The summed E-state index contributed by atoms with van der Waals surface area (Å²) in [5, 5.41) is 7.59. The molecule has 1 aromatic carbocycles. The van der Waals surface area contributed by atoms with Crippen LogP contribution in [0.15, 0.2) is 30.3 Å². The number of hydrogen-bond acceptors (Lipinski definition) is 2. The second-order valence-corrected chi connectivity index (χ2v) is 7.05. The molecule has 1 aliphatic carbocycles. The van der Waals surface area contributed by atoms with E-state index in [1.165, 1.54) is 17.5 Å². The van der Waals surface area contributed by atoms with Gasteiger partial charge in [-0.25, -0.2) is 0 Å². The Hall–Kier alpha value is -2.10. The molecule has 24 heavy (non-hydrogen) atoms. The number of carbonyl (C=O) groups excluding carboxylic acids is 1. The van der Waals surface area contributed by atoms with Gasteiger partial charge in [-0.3, -0.25) is 9.48 Å². The van der Waals surface area contributed by atoms with E-state index in [9.17, 15) is 4.79 Å². The molecule has 0 atom stereocenters. The van der Waals surface area contributed by atoms with Gasteiger partial charge in [-0.15, -0.1) is 0 Å². The molecule has 0 bridgehead atoms. The summed E-state index contributed by atoms with van der Waals surface area (Å²) in [5.74, 6) is 0.139. The Morgan fingerprint density at radius 2 is 1.96 bits per heavy atom. The van der Waals surface area contributed by atoms with Crippen molar-refractivity contribution in [1.82, 2.24) is 15.1 Å². The molecule has 0 radical (unpaired) electrons. The minimum absolute atomic E-state index is 0.139. The van der Waals surface area contributed by atoms with Gasteiger partial charge in [-0.05, 0) is 44.2 Å². The smallest absolute Gasteiger partial charge is 0.220 e. The second kappa shape index (κ2) is 6.80. The summed E-state index contributed by atoms with van der Waals surface area (Å²) in [6, 6.07) is 10.6. The third-order valence-corrected chi connectivity index (χ3v) is 5.58. The van der Waals surface area contributed by atoms with Gasteiger partial charge in [0.25, 0.3) is 0 Å². The maximum Gasteiger partial charge on any atom is 0.220 e. The minimum atomic E-state index is 0.139. The lowest BCUT2D eigenvalue weighted by Crippen LogP contribution is -2.45. The largest absolute Gasteiger partial charge is 0.355 e. The summed E-state index contributed by atoms with van der Waals surface area (Å²) in [4.78, 5) is 12.3. The van der Waals surface area contributed by atoms with Crippen LogP contribution in [-0.4, -0.2) is 22.2 Å². The summed E-state index contributed by atoms with van der Waals surface area (Å²) >= 11 is 0. The number of amides is 1. The fourth-order valence-corrected chi connectivity index (χ4v) is 3.74. The molecular weight excluding hydrogens is 298 g/mol. The van der Waals surface area contributed by atoms with E-state index in [0.717, 1.165) is 37.2 Å². The first-order valence-electron chi connectivity index (χ1n) is 8.83. The molecule has 0 unspecified atom stereocenters. The van der Waals surface area contributed by atoms with Gasteiger partial charge < -0.3 is 5.32 Å². The Kier molecular flexibility index (Phi) is 4.74. The van der Waals surface area contributed by atoms with E-state index in [0.29, 0.717) is 6.42 Å². The minimum Gasteiger partial charge on any atom is -0.355 e. The maximum atomic E-state index is 12.3. The topological polar surface area (TPSA) is 46.9 Å². The van der Waals surface area contributed by atoms with Gasteiger partial charge >= 0.3 is 0 Å². The number of rotatable bonds is 6. The fraction of sp³-hybridized carbons (Fsp3) is 0.500. The normalized spacial score (nSPS) is 15.8. The SMILES string of the molecule is Cc1nn(C)c(C)c1CCC(=O)NCC1(c2ccccc2)CCC1. The average molecular weight is 325 g/mol. The van der Waals surface area contributed by atoms with Crippen LogP contribution in [0.3, 0.4) is 0 Å². The third kappa shape index (κ3) is 3.23. The molecule has 0 saturated heterocycles.